The van der Waals surface area contributed by atoms with Crippen LogP contribution in [0.4, 0.5) is 5.69 Å². The maximum Gasteiger partial charge on any atom is 0.267 e. The number of ether oxygens (including phenoxy) is 1. The van der Waals surface area contributed by atoms with Gasteiger partial charge in [0.05, 0.1) is 16.9 Å². The minimum atomic E-state index is -0.715. The Kier molecular flexibility index (Phi) is 7.03. The summed E-state index contributed by atoms with van der Waals surface area (Å²) >= 11 is 0. The molecular weight excluding hydrogens is 428 g/mol. The second kappa shape index (κ2) is 10.5. The molecule has 0 aliphatic rings. The number of nitrogens with one attached hydrogen (secondary N) is 2. The smallest absolute Gasteiger partial charge is 0.267 e. The number of carbonyl (C=O) groups excluding carboxylic acids is 1. The van der Waals surface area contributed by atoms with E-state index in [0.29, 0.717) is 17.2 Å². The van der Waals surface area contributed by atoms with Gasteiger partial charge in [-0.15, -0.1) is 0 Å². The van der Waals surface area contributed by atoms with E-state index < -0.39 is 6.10 Å². The Morgan fingerprint density at radius 2 is 1.79 bits per heavy atom. The van der Waals surface area contributed by atoms with Crippen molar-refractivity contribution in [3.8, 4) is 11.5 Å². The Morgan fingerprint density at radius 1 is 1.00 bits per heavy atom. The molecule has 1 aromatic heterocycles. The number of hydrogen-bond donors (Lipinski definition) is 2. The summed E-state index contributed by atoms with van der Waals surface area (Å²) in [7, 11) is 0. The van der Waals surface area contributed by atoms with E-state index in [1.54, 1.807) is 32.9 Å². The van der Waals surface area contributed by atoms with Crippen molar-refractivity contribution in [3.05, 3.63) is 84.1 Å². The first-order valence-electron chi connectivity index (χ1n) is 10.9. The highest BCUT2D eigenvalue weighted by molar-refractivity contribution is 5.94. The summed E-state index contributed by atoms with van der Waals surface area (Å²) in [5, 5.41) is 15.1. The maximum absolute atomic E-state index is 12.3. The number of benzene rings is 3. The number of oxime groups is 1. The predicted molar refractivity (Wildman–Crippen MR) is 136 cm³/mol. The molecule has 172 valence electrons. The molecule has 34 heavy (non-hydrogen) atoms. The molecule has 0 fully saturated rings. The van der Waals surface area contributed by atoms with Crippen molar-refractivity contribution in [2.45, 2.75) is 26.9 Å². The van der Waals surface area contributed by atoms with E-state index in [-0.39, 0.29) is 5.91 Å². The SMILES string of the molecule is CC(C)=NOC(C)C(=O)Nc1cccc(Oc2ccc3c(/C=C/c4ccccc4)n[nH]c3c2)c1. The minimum Gasteiger partial charge on any atom is -0.457 e. The number of carbonyl (C=O) groups is 1. The minimum absolute atomic E-state index is 0.294. The lowest BCUT2D eigenvalue weighted by Crippen LogP contribution is -2.26. The van der Waals surface area contributed by atoms with Gasteiger partial charge in [0.1, 0.15) is 11.5 Å². The Morgan fingerprint density at radius 3 is 2.59 bits per heavy atom. The van der Waals surface area contributed by atoms with Crippen LogP contribution in [0, 0.1) is 0 Å². The molecule has 1 atom stereocenters. The highest BCUT2D eigenvalue weighted by Crippen LogP contribution is 2.28. The quantitative estimate of drug-likeness (QED) is 0.243. The summed E-state index contributed by atoms with van der Waals surface area (Å²) in [6.45, 7) is 5.24. The number of nitrogens with zero attached hydrogens (tertiary/aromatic N) is 2. The maximum atomic E-state index is 12.3. The fraction of sp³-hybridized carbons (Fsp3) is 0.148. The van der Waals surface area contributed by atoms with Gasteiger partial charge in [-0.1, -0.05) is 47.6 Å². The van der Waals surface area contributed by atoms with E-state index in [1.165, 1.54) is 0 Å². The van der Waals surface area contributed by atoms with Gasteiger partial charge in [-0.05, 0) is 56.7 Å². The first kappa shape index (κ1) is 22.8. The van der Waals surface area contributed by atoms with E-state index in [0.717, 1.165) is 27.9 Å². The van der Waals surface area contributed by atoms with Crippen LogP contribution in [-0.2, 0) is 9.63 Å². The summed E-state index contributed by atoms with van der Waals surface area (Å²) in [6, 6.07) is 23.0. The fourth-order valence-corrected chi connectivity index (χ4v) is 3.20. The largest absolute Gasteiger partial charge is 0.457 e. The summed E-state index contributed by atoms with van der Waals surface area (Å²) in [4.78, 5) is 17.5. The Bertz CT molecular complexity index is 1340. The van der Waals surface area contributed by atoms with Gasteiger partial charge in [0.15, 0.2) is 0 Å². The Hall–Kier alpha value is -4.39. The number of aromatic nitrogens is 2. The van der Waals surface area contributed by atoms with E-state index in [2.05, 4.69) is 20.7 Å². The average molecular weight is 455 g/mol. The van der Waals surface area contributed by atoms with Crippen LogP contribution in [0.25, 0.3) is 23.1 Å². The Balaban J connectivity index is 1.44. The number of rotatable bonds is 8. The highest BCUT2D eigenvalue weighted by Gasteiger charge is 2.15. The summed E-state index contributed by atoms with van der Waals surface area (Å²) < 4.78 is 6.02. The van der Waals surface area contributed by atoms with E-state index in [4.69, 9.17) is 9.57 Å². The van der Waals surface area contributed by atoms with Crippen molar-refractivity contribution < 1.29 is 14.4 Å². The molecule has 0 bridgehead atoms. The summed E-state index contributed by atoms with van der Waals surface area (Å²) in [6.07, 6.45) is 3.30. The molecule has 0 spiro atoms. The van der Waals surface area contributed by atoms with Crippen molar-refractivity contribution in [2.75, 3.05) is 5.32 Å². The molecule has 1 heterocycles. The molecule has 7 heteroatoms. The second-order valence-corrected chi connectivity index (χ2v) is 7.97. The lowest BCUT2D eigenvalue weighted by molar-refractivity contribution is -0.126. The first-order valence-corrected chi connectivity index (χ1v) is 10.9. The van der Waals surface area contributed by atoms with Gasteiger partial charge < -0.3 is 14.9 Å². The van der Waals surface area contributed by atoms with Crippen LogP contribution < -0.4 is 10.1 Å². The molecule has 1 amide bonds. The lowest BCUT2D eigenvalue weighted by Gasteiger charge is -2.12. The standard InChI is InChI=1S/C27H26N4O3/c1-18(2)31-34-19(3)27(32)28-21-10-7-11-22(16-21)33-23-13-14-24-25(29-30-26(24)17-23)15-12-20-8-5-4-6-9-20/h4-17,19H,1-3H3,(H,28,32)(H,29,30)/b15-12+. The van der Waals surface area contributed by atoms with Crippen LogP contribution in [0.1, 0.15) is 32.0 Å². The van der Waals surface area contributed by atoms with Gasteiger partial charge >= 0.3 is 0 Å². The molecule has 4 aromatic rings. The third kappa shape index (κ3) is 5.89. The van der Waals surface area contributed by atoms with Crippen LogP contribution in [0.2, 0.25) is 0 Å². The molecule has 2 N–H and O–H groups in total. The lowest BCUT2D eigenvalue weighted by atomic mass is 10.1. The van der Waals surface area contributed by atoms with Crippen molar-refractivity contribution in [1.29, 1.82) is 0 Å². The zero-order chi connectivity index (χ0) is 23.9. The number of H-pyrrole nitrogens is 1. The van der Waals surface area contributed by atoms with Crippen molar-refractivity contribution >= 4 is 40.4 Å². The number of hydrogen-bond acceptors (Lipinski definition) is 5. The first-order chi connectivity index (χ1) is 16.5. The van der Waals surface area contributed by atoms with Gasteiger partial charge in [-0.25, -0.2) is 0 Å². The molecule has 0 saturated carbocycles. The molecule has 7 nitrogen and oxygen atoms in total. The van der Waals surface area contributed by atoms with E-state index >= 15 is 0 Å². The third-order valence-electron chi connectivity index (χ3n) is 4.90. The van der Waals surface area contributed by atoms with Crippen LogP contribution in [0.15, 0.2) is 78.0 Å². The number of anilines is 1. The van der Waals surface area contributed by atoms with E-state index in [9.17, 15) is 4.79 Å². The summed E-state index contributed by atoms with van der Waals surface area (Å²) in [5.41, 5.74) is 4.18. The number of fused-ring (bicyclic) bond motifs is 1. The van der Waals surface area contributed by atoms with Crippen LogP contribution in [0.3, 0.4) is 0 Å². The molecule has 3 aromatic carbocycles. The third-order valence-corrected chi connectivity index (χ3v) is 4.90. The molecule has 4 rings (SSSR count). The molecular formula is C27H26N4O3. The monoisotopic (exact) mass is 454 g/mol. The zero-order valence-corrected chi connectivity index (χ0v) is 19.3. The van der Waals surface area contributed by atoms with Crippen LogP contribution in [-0.4, -0.2) is 27.9 Å². The van der Waals surface area contributed by atoms with Crippen LogP contribution in [0.5, 0.6) is 11.5 Å². The van der Waals surface area contributed by atoms with Gasteiger partial charge in [-0.3, -0.25) is 9.89 Å². The van der Waals surface area contributed by atoms with Crippen molar-refractivity contribution in [3.63, 3.8) is 0 Å². The molecule has 0 radical (unpaired) electrons. The average Bonchev–Trinajstić information content (AvgIpc) is 3.24. The second-order valence-electron chi connectivity index (χ2n) is 7.97. The van der Waals surface area contributed by atoms with Crippen LogP contribution >= 0.6 is 0 Å². The van der Waals surface area contributed by atoms with E-state index in [1.807, 2.05) is 72.8 Å². The topological polar surface area (TPSA) is 88.6 Å². The normalized spacial score (nSPS) is 11.9. The fourth-order valence-electron chi connectivity index (χ4n) is 3.20. The molecule has 0 aliphatic heterocycles. The highest BCUT2D eigenvalue weighted by atomic mass is 16.6. The predicted octanol–water partition coefficient (Wildman–Crippen LogP) is 6.27. The van der Waals surface area contributed by atoms with Gasteiger partial charge in [-0.2, -0.15) is 5.10 Å². The van der Waals surface area contributed by atoms with Crippen molar-refractivity contribution in [2.24, 2.45) is 5.16 Å². The molecule has 0 aliphatic carbocycles. The van der Waals surface area contributed by atoms with Gasteiger partial charge in [0, 0.05) is 23.2 Å². The number of amides is 1. The Labute approximate surface area is 198 Å². The van der Waals surface area contributed by atoms with Gasteiger partial charge in [0.2, 0.25) is 6.10 Å². The molecule has 1 unspecified atom stereocenters. The summed E-state index contributed by atoms with van der Waals surface area (Å²) in [5.74, 6) is 0.955. The van der Waals surface area contributed by atoms with Crippen molar-refractivity contribution in [1.82, 2.24) is 10.2 Å². The number of aromatic amines is 1. The zero-order valence-electron chi connectivity index (χ0n) is 19.3. The van der Waals surface area contributed by atoms with Gasteiger partial charge in [0.25, 0.3) is 5.91 Å². The molecule has 0 saturated heterocycles.